The molecule has 4 rings (SSSR count). The van der Waals surface area contributed by atoms with Crippen LogP contribution >= 0.6 is 0 Å². The number of hydrogen-bond acceptors (Lipinski definition) is 7. The van der Waals surface area contributed by atoms with Crippen LogP contribution in [0.2, 0.25) is 0 Å². The fourth-order valence-corrected chi connectivity index (χ4v) is 6.58. The van der Waals surface area contributed by atoms with Gasteiger partial charge in [-0.05, 0) is 42.6 Å². The molecule has 4 aliphatic rings. The summed E-state index contributed by atoms with van der Waals surface area (Å²) in [5, 5.41) is 22.6. The Bertz CT molecular complexity index is 771. The lowest BCUT2D eigenvalue weighted by molar-refractivity contribution is -0.272. The molecule has 1 saturated heterocycles. The van der Waals surface area contributed by atoms with Gasteiger partial charge in [-0.3, -0.25) is 14.4 Å². The Morgan fingerprint density at radius 1 is 1.29 bits per heavy atom. The average molecular weight is 392 g/mol. The van der Waals surface area contributed by atoms with Crippen LogP contribution in [0.25, 0.3) is 0 Å². The molecule has 1 aliphatic heterocycles. The van der Waals surface area contributed by atoms with Crippen LogP contribution in [0.5, 0.6) is 0 Å². The number of aliphatic hydroxyl groups is 2. The Morgan fingerprint density at radius 2 is 1.96 bits per heavy atom. The first kappa shape index (κ1) is 19.6. The van der Waals surface area contributed by atoms with Crippen LogP contribution in [-0.4, -0.2) is 52.9 Å². The van der Waals surface area contributed by atoms with Gasteiger partial charge in [0.2, 0.25) is 0 Å². The molecule has 0 aromatic carbocycles. The zero-order chi connectivity index (χ0) is 20.6. The van der Waals surface area contributed by atoms with Crippen molar-refractivity contribution in [1.82, 2.24) is 0 Å². The number of fused-ring (bicyclic) bond motifs is 2. The van der Waals surface area contributed by atoms with Gasteiger partial charge >= 0.3 is 11.9 Å². The fourth-order valence-electron chi connectivity index (χ4n) is 6.58. The standard InChI is InChI=1S/C21H28O7/c1-10-12-7-13(23)15-20(8-12,16(10)24)18(26)27-9-21(15)14(28-11(2)22)5-6-19(3,4)17(21)25/h12-15,17,23,25H,1,5-9H2,2-4H3/t12-,13+,14+,15-,17-,20+,21+/m1/s1. The number of rotatable bonds is 1. The molecule has 7 atom stereocenters. The van der Waals surface area contributed by atoms with Gasteiger partial charge in [-0.1, -0.05) is 20.4 Å². The zero-order valence-electron chi connectivity index (χ0n) is 16.6. The summed E-state index contributed by atoms with van der Waals surface area (Å²) in [6.07, 6.45) is -1.20. The summed E-state index contributed by atoms with van der Waals surface area (Å²) in [5.74, 6) is -2.73. The molecule has 7 heteroatoms. The molecule has 28 heavy (non-hydrogen) atoms. The van der Waals surface area contributed by atoms with E-state index in [1.165, 1.54) is 6.92 Å². The van der Waals surface area contributed by atoms with Crippen LogP contribution in [0, 0.1) is 28.1 Å². The predicted octanol–water partition coefficient (Wildman–Crippen LogP) is 1.15. The number of allylic oxidation sites excluding steroid dienone is 1. The minimum Gasteiger partial charge on any atom is -0.464 e. The number of ether oxygens (including phenoxy) is 2. The van der Waals surface area contributed by atoms with Crippen molar-refractivity contribution in [2.24, 2.45) is 28.1 Å². The average Bonchev–Trinajstić information content (AvgIpc) is 2.81. The van der Waals surface area contributed by atoms with Crippen LogP contribution < -0.4 is 0 Å². The second-order valence-electron chi connectivity index (χ2n) is 9.72. The molecular weight excluding hydrogens is 364 g/mol. The maximum atomic E-state index is 13.2. The molecule has 7 nitrogen and oxygen atoms in total. The summed E-state index contributed by atoms with van der Waals surface area (Å²) in [5.41, 5.74) is -3.03. The Labute approximate surface area is 164 Å². The Kier molecular flexibility index (Phi) is 4.12. The van der Waals surface area contributed by atoms with Crippen LogP contribution in [0.1, 0.15) is 46.5 Å². The third-order valence-corrected chi connectivity index (χ3v) is 7.80. The minimum absolute atomic E-state index is 0.192. The van der Waals surface area contributed by atoms with E-state index >= 15 is 0 Å². The lowest BCUT2D eigenvalue weighted by Gasteiger charge is -2.62. The summed E-state index contributed by atoms with van der Waals surface area (Å²) < 4.78 is 11.2. The predicted molar refractivity (Wildman–Crippen MR) is 96.8 cm³/mol. The van der Waals surface area contributed by atoms with Gasteiger partial charge in [-0.2, -0.15) is 0 Å². The summed E-state index contributed by atoms with van der Waals surface area (Å²) >= 11 is 0. The number of ketones is 1. The minimum atomic E-state index is -1.57. The van der Waals surface area contributed by atoms with E-state index in [0.717, 1.165) is 0 Å². The monoisotopic (exact) mass is 392 g/mol. The molecule has 3 aliphatic carbocycles. The lowest BCUT2D eigenvalue weighted by atomic mass is 9.46. The third kappa shape index (κ3) is 2.20. The Hall–Kier alpha value is -1.73. The van der Waals surface area contributed by atoms with E-state index in [0.29, 0.717) is 24.8 Å². The van der Waals surface area contributed by atoms with Gasteiger partial charge in [0.1, 0.15) is 18.1 Å². The van der Waals surface area contributed by atoms with E-state index < -0.39 is 58.2 Å². The van der Waals surface area contributed by atoms with Crippen LogP contribution in [-0.2, 0) is 23.9 Å². The normalized spacial score (nSPS) is 46.9. The van der Waals surface area contributed by atoms with Gasteiger partial charge in [0.25, 0.3) is 0 Å². The van der Waals surface area contributed by atoms with Crippen LogP contribution in [0.15, 0.2) is 12.2 Å². The topological polar surface area (TPSA) is 110 Å². The first-order valence-electron chi connectivity index (χ1n) is 9.92. The van der Waals surface area contributed by atoms with Crippen LogP contribution in [0.4, 0.5) is 0 Å². The maximum absolute atomic E-state index is 13.2. The molecule has 0 aromatic rings. The summed E-state index contributed by atoms with van der Waals surface area (Å²) in [6.45, 7) is 8.77. The zero-order valence-corrected chi connectivity index (χ0v) is 16.6. The van der Waals surface area contributed by atoms with Gasteiger partial charge in [0.05, 0.1) is 17.6 Å². The quantitative estimate of drug-likeness (QED) is 0.391. The van der Waals surface area contributed by atoms with Gasteiger partial charge in [0.15, 0.2) is 5.78 Å². The van der Waals surface area contributed by atoms with E-state index in [1.807, 2.05) is 13.8 Å². The molecule has 0 unspecified atom stereocenters. The summed E-state index contributed by atoms with van der Waals surface area (Å²) in [4.78, 5) is 38.0. The first-order chi connectivity index (χ1) is 13.0. The van der Waals surface area contributed by atoms with Crippen molar-refractivity contribution in [3.05, 3.63) is 12.2 Å². The van der Waals surface area contributed by atoms with Gasteiger partial charge in [-0.15, -0.1) is 0 Å². The molecular formula is C21H28O7. The molecule has 0 amide bonds. The molecule has 154 valence electrons. The van der Waals surface area contributed by atoms with Gasteiger partial charge < -0.3 is 19.7 Å². The highest BCUT2D eigenvalue weighted by Gasteiger charge is 2.76. The third-order valence-electron chi connectivity index (χ3n) is 7.80. The molecule has 1 heterocycles. The Morgan fingerprint density at radius 3 is 2.61 bits per heavy atom. The Balaban J connectivity index is 1.93. The lowest BCUT2D eigenvalue weighted by Crippen LogP contribution is -2.72. The number of aliphatic hydroxyl groups excluding tert-OH is 2. The van der Waals surface area contributed by atoms with Crippen molar-refractivity contribution in [2.75, 3.05) is 6.61 Å². The SMILES string of the molecule is C=C1C(=O)[C@]23C[C@H]1C[C@H](O)[C@H]2[C@]1(COC3=O)[C@@H](OC(C)=O)CCC(C)(C)[C@H]1O. The van der Waals surface area contributed by atoms with Crippen molar-refractivity contribution in [3.63, 3.8) is 0 Å². The highest BCUT2D eigenvalue weighted by Crippen LogP contribution is 2.66. The fraction of sp³-hybridized carbons (Fsp3) is 0.762. The molecule has 2 bridgehead atoms. The van der Waals surface area contributed by atoms with Gasteiger partial charge in [0, 0.05) is 12.8 Å². The van der Waals surface area contributed by atoms with Gasteiger partial charge in [-0.25, -0.2) is 0 Å². The highest BCUT2D eigenvalue weighted by atomic mass is 16.6. The number of carbonyl (C=O) groups is 3. The van der Waals surface area contributed by atoms with Crippen LogP contribution in [0.3, 0.4) is 0 Å². The van der Waals surface area contributed by atoms with E-state index in [9.17, 15) is 24.6 Å². The number of esters is 2. The van der Waals surface area contributed by atoms with Crippen molar-refractivity contribution >= 4 is 17.7 Å². The van der Waals surface area contributed by atoms with E-state index in [1.54, 1.807) is 0 Å². The van der Waals surface area contributed by atoms with E-state index in [4.69, 9.17) is 9.47 Å². The summed E-state index contributed by atoms with van der Waals surface area (Å²) in [7, 11) is 0. The second kappa shape index (κ2) is 5.89. The van der Waals surface area contributed by atoms with E-state index in [-0.39, 0.29) is 18.9 Å². The smallest absolute Gasteiger partial charge is 0.320 e. The van der Waals surface area contributed by atoms with Crippen molar-refractivity contribution in [1.29, 1.82) is 0 Å². The number of Topliss-reactive ketones (excluding diaryl/α,β-unsaturated/α-hetero) is 1. The molecule has 2 spiro atoms. The largest absolute Gasteiger partial charge is 0.464 e. The molecule has 2 N–H and O–H groups in total. The van der Waals surface area contributed by atoms with Crippen molar-refractivity contribution < 1.29 is 34.1 Å². The number of carbonyl (C=O) groups excluding carboxylic acids is 3. The second-order valence-corrected chi connectivity index (χ2v) is 9.72. The molecule has 4 fully saturated rings. The number of cyclic esters (lactones) is 1. The molecule has 0 aromatic heterocycles. The maximum Gasteiger partial charge on any atom is 0.320 e. The van der Waals surface area contributed by atoms with Crippen molar-refractivity contribution in [2.45, 2.75) is 64.8 Å². The van der Waals surface area contributed by atoms with Crippen molar-refractivity contribution in [3.8, 4) is 0 Å². The summed E-state index contributed by atoms with van der Waals surface area (Å²) in [6, 6.07) is 0. The van der Waals surface area contributed by atoms with E-state index in [2.05, 4.69) is 6.58 Å². The highest BCUT2D eigenvalue weighted by molar-refractivity contribution is 6.15. The first-order valence-corrected chi connectivity index (χ1v) is 9.92. The number of hydrogen-bond donors (Lipinski definition) is 2. The molecule has 0 radical (unpaired) electrons. The molecule has 3 saturated carbocycles.